The highest BCUT2D eigenvalue weighted by atomic mass is 32.1. The number of aryl methyl sites for hydroxylation is 2. The molecule has 4 saturated carbocycles. The zero-order valence-electron chi connectivity index (χ0n) is 12.7. The van der Waals surface area contributed by atoms with Gasteiger partial charge in [-0.3, -0.25) is 4.79 Å². The van der Waals surface area contributed by atoms with Gasteiger partial charge in [0.15, 0.2) is 5.13 Å². The molecule has 1 aromatic heterocycles. The summed E-state index contributed by atoms with van der Waals surface area (Å²) < 4.78 is 0. The van der Waals surface area contributed by atoms with Crippen molar-refractivity contribution in [3.05, 3.63) is 10.6 Å². The molecule has 0 aromatic carbocycles. The van der Waals surface area contributed by atoms with Crippen molar-refractivity contribution >= 4 is 22.4 Å². The summed E-state index contributed by atoms with van der Waals surface area (Å²) in [5, 5.41) is 14.7. The van der Waals surface area contributed by atoms with Crippen LogP contribution in [0.2, 0.25) is 0 Å². The van der Waals surface area contributed by atoms with E-state index in [1.165, 1.54) is 23.4 Å². The summed E-state index contributed by atoms with van der Waals surface area (Å²) in [4.78, 5) is 18.9. The Bertz CT molecular complexity index is 618. The van der Waals surface area contributed by atoms with Gasteiger partial charge < -0.3 is 10.4 Å². The number of nitrogens with zero attached hydrogens (tertiary/aromatic N) is 1. The molecule has 4 nitrogen and oxygen atoms in total. The average Bonchev–Trinajstić information content (AvgIpc) is 2.96. The van der Waals surface area contributed by atoms with E-state index in [9.17, 15) is 9.90 Å². The first-order valence-corrected chi connectivity index (χ1v) is 9.38. The van der Waals surface area contributed by atoms with Crippen LogP contribution in [0.4, 0.5) is 5.13 Å². The first-order valence-electron chi connectivity index (χ1n) is 8.56. The fraction of sp³-hybridized carbons (Fsp3) is 0.765. The minimum absolute atomic E-state index is 0.118. The van der Waals surface area contributed by atoms with Gasteiger partial charge in [0.05, 0.1) is 16.7 Å². The van der Waals surface area contributed by atoms with Crippen molar-refractivity contribution in [2.24, 2.45) is 17.3 Å². The predicted octanol–water partition coefficient (Wildman–Crippen LogP) is 2.90. The summed E-state index contributed by atoms with van der Waals surface area (Å²) in [6.07, 6.45) is 8.96. The normalized spacial score (nSPS) is 41.7. The highest BCUT2D eigenvalue weighted by Crippen LogP contribution is 2.61. The van der Waals surface area contributed by atoms with Gasteiger partial charge in [0.1, 0.15) is 0 Å². The number of amides is 1. The molecule has 2 N–H and O–H groups in total. The second kappa shape index (κ2) is 4.32. The van der Waals surface area contributed by atoms with Crippen LogP contribution in [0.25, 0.3) is 0 Å². The van der Waals surface area contributed by atoms with E-state index in [0.717, 1.165) is 43.7 Å². The molecule has 4 fully saturated rings. The van der Waals surface area contributed by atoms with Crippen LogP contribution in [0.1, 0.15) is 55.5 Å². The third-order valence-corrected chi connectivity index (χ3v) is 7.40. The van der Waals surface area contributed by atoms with Gasteiger partial charge in [-0.2, -0.15) is 0 Å². The number of fused-ring (bicyclic) bond motifs is 1. The molecule has 2 unspecified atom stereocenters. The van der Waals surface area contributed by atoms with Crippen LogP contribution in [0.15, 0.2) is 0 Å². The number of hydrogen-bond acceptors (Lipinski definition) is 4. The van der Waals surface area contributed by atoms with Crippen molar-refractivity contribution < 1.29 is 9.90 Å². The van der Waals surface area contributed by atoms with Gasteiger partial charge in [0.25, 0.3) is 0 Å². The molecule has 1 heterocycles. The van der Waals surface area contributed by atoms with Gasteiger partial charge in [-0.25, -0.2) is 4.98 Å². The lowest BCUT2D eigenvalue weighted by molar-refractivity contribution is -0.174. The lowest BCUT2D eigenvalue weighted by Gasteiger charge is -2.59. The third kappa shape index (κ3) is 1.91. The Morgan fingerprint density at radius 3 is 2.68 bits per heavy atom. The van der Waals surface area contributed by atoms with Gasteiger partial charge >= 0.3 is 0 Å². The molecule has 5 heteroatoms. The first kappa shape index (κ1) is 13.5. The Hall–Kier alpha value is -0.940. The Morgan fingerprint density at radius 2 is 2.00 bits per heavy atom. The highest BCUT2D eigenvalue weighted by molar-refractivity contribution is 7.15. The van der Waals surface area contributed by atoms with Crippen molar-refractivity contribution in [3.8, 4) is 0 Å². The maximum absolute atomic E-state index is 13.0. The van der Waals surface area contributed by atoms with Gasteiger partial charge in [-0.05, 0) is 69.6 Å². The number of carbonyl (C=O) groups is 1. The molecule has 5 aliphatic rings. The van der Waals surface area contributed by atoms with Crippen LogP contribution < -0.4 is 5.32 Å². The van der Waals surface area contributed by atoms with Gasteiger partial charge in [-0.1, -0.05) is 0 Å². The summed E-state index contributed by atoms with van der Waals surface area (Å²) in [6.45, 7) is 0. The highest BCUT2D eigenvalue weighted by Gasteiger charge is 2.60. The molecule has 4 bridgehead atoms. The molecule has 118 valence electrons. The molecule has 22 heavy (non-hydrogen) atoms. The quantitative estimate of drug-likeness (QED) is 0.881. The van der Waals surface area contributed by atoms with E-state index in [1.54, 1.807) is 11.3 Å². The van der Waals surface area contributed by atoms with E-state index in [-0.39, 0.29) is 11.3 Å². The molecular weight excluding hydrogens is 296 g/mol. The topological polar surface area (TPSA) is 62.2 Å². The number of rotatable bonds is 2. The van der Waals surface area contributed by atoms with Gasteiger partial charge in [0.2, 0.25) is 5.91 Å². The van der Waals surface area contributed by atoms with Crippen LogP contribution in [0, 0.1) is 17.3 Å². The Labute approximate surface area is 134 Å². The van der Waals surface area contributed by atoms with Crippen LogP contribution >= 0.6 is 11.3 Å². The summed E-state index contributed by atoms with van der Waals surface area (Å²) in [7, 11) is 0. The molecule has 6 rings (SSSR count). The van der Waals surface area contributed by atoms with E-state index in [4.69, 9.17) is 0 Å². The molecule has 0 spiro atoms. The molecule has 0 saturated heterocycles. The zero-order valence-corrected chi connectivity index (χ0v) is 13.5. The van der Waals surface area contributed by atoms with E-state index < -0.39 is 5.60 Å². The standard InChI is InChI=1S/C17H22N2O2S/c20-14(19-15-18-12-2-1-3-13(12)22-15)16-5-10-4-11(6-16)8-17(21,7-10)9-16/h10-11,21H,1-9H2,(H,18,19,20). The van der Waals surface area contributed by atoms with Crippen molar-refractivity contribution in [3.63, 3.8) is 0 Å². The van der Waals surface area contributed by atoms with Crippen LogP contribution in [0.5, 0.6) is 0 Å². The fourth-order valence-corrected chi connectivity index (χ4v) is 7.00. The lowest BCUT2D eigenvalue weighted by Crippen LogP contribution is -2.59. The second-order valence-corrected chi connectivity index (χ2v) is 9.25. The zero-order chi connectivity index (χ0) is 14.9. The summed E-state index contributed by atoms with van der Waals surface area (Å²) >= 11 is 1.65. The fourth-order valence-electron chi connectivity index (χ4n) is 5.95. The Morgan fingerprint density at radius 1 is 1.23 bits per heavy atom. The Kier molecular flexibility index (Phi) is 2.65. The minimum atomic E-state index is -0.577. The van der Waals surface area contributed by atoms with Crippen LogP contribution in [-0.4, -0.2) is 21.6 Å². The number of aromatic nitrogens is 1. The predicted molar refractivity (Wildman–Crippen MR) is 84.8 cm³/mol. The second-order valence-electron chi connectivity index (χ2n) is 8.16. The summed E-state index contributed by atoms with van der Waals surface area (Å²) in [5.41, 5.74) is 0.269. The van der Waals surface area contributed by atoms with E-state index in [1.807, 2.05) is 0 Å². The average molecular weight is 318 g/mol. The largest absolute Gasteiger partial charge is 0.390 e. The maximum Gasteiger partial charge on any atom is 0.232 e. The number of hydrogen-bond donors (Lipinski definition) is 2. The summed E-state index contributed by atoms with van der Waals surface area (Å²) in [6, 6.07) is 0. The molecule has 1 aromatic rings. The van der Waals surface area contributed by atoms with E-state index >= 15 is 0 Å². The van der Waals surface area contributed by atoms with E-state index in [2.05, 4.69) is 10.3 Å². The van der Waals surface area contributed by atoms with Crippen LogP contribution in [0.3, 0.4) is 0 Å². The minimum Gasteiger partial charge on any atom is -0.390 e. The lowest BCUT2D eigenvalue weighted by atomic mass is 9.47. The number of thiazole rings is 1. The van der Waals surface area contributed by atoms with Crippen molar-refractivity contribution in [2.75, 3.05) is 5.32 Å². The van der Waals surface area contributed by atoms with Crippen molar-refractivity contribution in [1.82, 2.24) is 4.98 Å². The smallest absolute Gasteiger partial charge is 0.232 e. The SMILES string of the molecule is O=C(Nc1nc2c(s1)CCC2)C12CC3CC(CC(O)(C3)C1)C2. The number of carbonyl (C=O) groups excluding carboxylic acids is 1. The van der Waals surface area contributed by atoms with E-state index in [0.29, 0.717) is 18.3 Å². The third-order valence-electron chi connectivity index (χ3n) is 6.33. The number of nitrogens with one attached hydrogen (secondary N) is 1. The first-order chi connectivity index (χ1) is 10.5. The van der Waals surface area contributed by atoms with Crippen molar-refractivity contribution in [2.45, 2.75) is 63.4 Å². The molecular formula is C17H22N2O2S. The molecule has 5 aliphatic carbocycles. The Balaban J connectivity index is 1.40. The van der Waals surface area contributed by atoms with Crippen molar-refractivity contribution in [1.29, 1.82) is 0 Å². The van der Waals surface area contributed by atoms with Crippen LogP contribution in [-0.2, 0) is 17.6 Å². The van der Waals surface area contributed by atoms with Gasteiger partial charge in [-0.15, -0.1) is 11.3 Å². The molecule has 0 radical (unpaired) electrons. The number of anilines is 1. The maximum atomic E-state index is 13.0. The monoisotopic (exact) mass is 318 g/mol. The van der Waals surface area contributed by atoms with Gasteiger partial charge in [0, 0.05) is 4.88 Å². The number of aliphatic hydroxyl groups is 1. The summed E-state index contributed by atoms with van der Waals surface area (Å²) in [5.74, 6) is 1.20. The molecule has 2 atom stereocenters. The molecule has 1 amide bonds. The molecule has 0 aliphatic heterocycles.